The van der Waals surface area contributed by atoms with E-state index in [9.17, 15) is 0 Å². The minimum Gasteiger partial charge on any atom is -0.369 e. The number of aryl methyl sites for hydroxylation is 3. The van der Waals surface area contributed by atoms with Gasteiger partial charge in [-0.15, -0.1) is 11.3 Å². The van der Waals surface area contributed by atoms with Crippen LogP contribution in [0.25, 0.3) is 11.2 Å². The van der Waals surface area contributed by atoms with E-state index in [2.05, 4.69) is 27.5 Å². The van der Waals surface area contributed by atoms with E-state index in [1.807, 2.05) is 17.6 Å². The molecule has 0 atom stereocenters. The summed E-state index contributed by atoms with van der Waals surface area (Å²) in [5, 5.41) is 2.09. The largest absolute Gasteiger partial charge is 0.369 e. The molecule has 2 N–H and O–H groups in total. The van der Waals surface area contributed by atoms with E-state index >= 15 is 0 Å². The predicted molar refractivity (Wildman–Crippen MR) is 74.7 cm³/mol. The number of nitrogens with two attached hydrogens (primary N) is 1. The summed E-state index contributed by atoms with van der Waals surface area (Å²) in [5.41, 5.74) is 8.87. The quantitative estimate of drug-likeness (QED) is 0.785. The van der Waals surface area contributed by atoms with Crippen molar-refractivity contribution in [2.75, 3.05) is 5.73 Å². The first kappa shape index (κ1) is 11.2. The smallest absolute Gasteiger partial charge is 0.202 e. The number of anilines is 1. The van der Waals surface area contributed by atoms with Gasteiger partial charge in [0.05, 0.1) is 0 Å². The molecule has 0 saturated heterocycles. The van der Waals surface area contributed by atoms with E-state index in [0.29, 0.717) is 5.95 Å². The Morgan fingerprint density at radius 2 is 2.28 bits per heavy atom. The van der Waals surface area contributed by atoms with E-state index in [1.165, 1.54) is 4.88 Å². The van der Waals surface area contributed by atoms with Crippen LogP contribution in [-0.4, -0.2) is 14.5 Å². The van der Waals surface area contributed by atoms with Gasteiger partial charge in [-0.1, -0.05) is 6.07 Å². The van der Waals surface area contributed by atoms with E-state index < -0.39 is 0 Å². The number of fused-ring (bicyclic) bond motifs is 1. The van der Waals surface area contributed by atoms with Gasteiger partial charge in [0.2, 0.25) is 5.95 Å². The number of aromatic nitrogens is 3. The highest BCUT2D eigenvalue weighted by Gasteiger charge is 2.10. The lowest BCUT2D eigenvalue weighted by molar-refractivity contribution is 0.726. The monoisotopic (exact) mass is 258 g/mol. The Morgan fingerprint density at radius 3 is 3.06 bits per heavy atom. The maximum absolute atomic E-state index is 5.98. The Balaban J connectivity index is 1.96. The summed E-state index contributed by atoms with van der Waals surface area (Å²) in [4.78, 5) is 10.1. The van der Waals surface area contributed by atoms with Crippen molar-refractivity contribution in [3.05, 3.63) is 40.2 Å². The summed E-state index contributed by atoms with van der Waals surface area (Å²) in [7, 11) is 0. The second-order valence-electron chi connectivity index (χ2n) is 4.25. The fourth-order valence-electron chi connectivity index (χ4n) is 2.05. The number of imidazole rings is 1. The first-order valence-corrected chi connectivity index (χ1v) is 6.73. The zero-order chi connectivity index (χ0) is 12.5. The molecule has 0 aliphatic heterocycles. The maximum Gasteiger partial charge on any atom is 0.202 e. The molecule has 0 saturated carbocycles. The van der Waals surface area contributed by atoms with Crippen LogP contribution >= 0.6 is 11.3 Å². The van der Waals surface area contributed by atoms with Crippen molar-refractivity contribution < 1.29 is 0 Å². The lowest BCUT2D eigenvalue weighted by Gasteiger charge is -2.04. The van der Waals surface area contributed by atoms with Crippen LogP contribution in [-0.2, 0) is 13.0 Å². The number of nitrogens with zero attached hydrogens (tertiary/aromatic N) is 3. The normalized spacial score (nSPS) is 11.2. The summed E-state index contributed by atoms with van der Waals surface area (Å²) in [6, 6.07) is 6.16. The van der Waals surface area contributed by atoms with Crippen LogP contribution in [0.15, 0.2) is 29.8 Å². The second kappa shape index (κ2) is 4.42. The third-order valence-electron chi connectivity index (χ3n) is 3.03. The van der Waals surface area contributed by atoms with Gasteiger partial charge in [-0.2, -0.15) is 0 Å². The molecule has 3 rings (SSSR count). The number of hydrogen-bond donors (Lipinski definition) is 1. The van der Waals surface area contributed by atoms with Crippen LogP contribution in [0.1, 0.15) is 10.4 Å². The van der Waals surface area contributed by atoms with Gasteiger partial charge in [0.1, 0.15) is 5.52 Å². The summed E-state index contributed by atoms with van der Waals surface area (Å²) in [6.45, 7) is 2.85. The molecule has 0 amide bonds. The fourth-order valence-corrected chi connectivity index (χ4v) is 2.75. The molecule has 3 aromatic heterocycles. The number of rotatable bonds is 3. The minimum atomic E-state index is 0.545. The van der Waals surface area contributed by atoms with Crippen molar-refractivity contribution in [1.82, 2.24) is 14.5 Å². The van der Waals surface area contributed by atoms with Gasteiger partial charge in [0.15, 0.2) is 5.65 Å². The van der Waals surface area contributed by atoms with E-state index in [4.69, 9.17) is 5.73 Å². The second-order valence-corrected chi connectivity index (χ2v) is 5.28. The average Bonchev–Trinajstić information content (AvgIpc) is 2.95. The van der Waals surface area contributed by atoms with Crippen LogP contribution in [0.4, 0.5) is 5.95 Å². The summed E-state index contributed by atoms with van der Waals surface area (Å²) >= 11 is 1.76. The first-order chi connectivity index (χ1) is 8.75. The fraction of sp³-hybridized carbons (Fsp3) is 0.231. The molecule has 0 aromatic carbocycles. The molecule has 0 bridgehead atoms. The molecule has 3 aromatic rings. The van der Waals surface area contributed by atoms with Gasteiger partial charge in [-0.3, -0.25) is 4.57 Å². The van der Waals surface area contributed by atoms with Gasteiger partial charge in [0, 0.05) is 17.6 Å². The zero-order valence-electron chi connectivity index (χ0n) is 10.1. The highest BCUT2D eigenvalue weighted by Crippen LogP contribution is 2.20. The molecule has 18 heavy (non-hydrogen) atoms. The minimum absolute atomic E-state index is 0.545. The Hall–Kier alpha value is -1.88. The van der Waals surface area contributed by atoms with Crippen LogP contribution in [0.3, 0.4) is 0 Å². The summed E-state index contributed by atoms with van der Waals surface area (Å²) in [6.07, 6.45) is 2.77. The van der Waals surface area contributed by atoms with Gasteiger partial charge in [-0.25, -0.2) is 9.97 Å². The van der Waals surface area contributed by atoms with Crippen molar-refractivity contribution in [1.29, 1.82) is 0 Å². The van der Waals surface area contributed by atoms with E-state index in [-0.39, 0.29) is 0 Å². The summed E-state index contributed by atoms with van der Waals surface area (Å²) < 4.78 is 1.99. The van der Waals surface area contributed by atoms with Gasteiger partial charge >= 0.3 is 0 Å². The lowest BCUT2D eigenvalue weighted by Crippen LogP contribution is -2.05. The van der Waals surface area contributed by atoms with Crippen LogP contribution in [0.2, 0.25) is 0 Å². The maximum atomic E-state index is 5.98. The Kier molecular flexibility index (Phi) is 2.76. The molecule has 0 fully saturated rings. The molecule has 0 aliphatic carbocycles. The zero-order valence-corrected chi connectivity index (χ0v) is 10.9. The Bertz CT molecular complexity index is 670. The topological polar surface area (TPSA) is 56.7 Å². The molecule has 5 heteroatoms. The standard InChI is InChI=1S/C13H14N4S/c1-9-4-6-15-12-11(9)16-13(14)17(12)7-5-10-3-2-8-18-10/h2-4,6,8H,5,7H2,1H3,(H2,14,16). The molecule has 0 unspecified atom stereocenters. The molecule has 0 spiro atoms. The molecular formula is C13H14N4S. The van der Waals surface area contributed by atoms with Crippen molar-refractivity contribution in [2.45, 2.75) is 19.9 Å². The third-order valence-corrected chi connectivity index (χ3v) is 3.96. The summed E-state index contributed by atoms with van der Waals surface area (Å²) in [5.74, 6) is 0.545. The SMILES string of the molecule is Cc1ccnc2c1nc(N)n2CCc1cccs1. The Labute approximate surface area is 109 Å². The van der Waals surface area contributed by atoms with Gasteiger partial charge < -0.3 is 5.73 Å². The molecule has 3 heterocycles. The van der Waals surface area contributed by atoms with Gasteiger partial charge in [0.25, 0.3) is 0 Å². The highest BCUT2D eigenvalue weighted by atomic mass is 32.1. The Morgan fingerprint density at radius 1 is 1.39 bits per heavy atom. The first-order valence-electron chi connectivity index (χ1n) is 5.85. The van der Waals surface area contributed by atoms with Crippen molar-refractivity contribution >= 4 is 28.4 Å². The number of nitrogen functional groups attached to an aromatic ring is 1. The van der Waals surface area contributed by atoms with E-state index in [1.54, 1.807) is 17.5 Å². The predicted octanol–water partition coefficient (Wildman–Crippen LogP) is 2.63. The van der Waals surface area contributed by atoms with Crippen LogP contribution < -0.4 is 5.73 Å². The third kappa shape index (κ3) is 1.86. The van der Waals surface area contributed by atoms with Crippen LogP contribution in [0, 0.1) is 6.92 Å². The van der Waals surface area contributed by atoms with Crippen LogP contribution in [0.5, 0.6) is 0 Å². The van der Waals surface area contributed by atoms with Crippen molar-refractivity contribution in [3.8, 4) is 0 Å². The molecule has 92 valence electrons. The molecule has 0 aliphatic rings. The average molecular weight is 258 g/mol. The number of pyridine rings is 1. The molecular weight excluding hydrogens is 244 g/mol. The number of thiophene rings is 1. The highest BCUT2D eigenvalue weighted by molar-refractivity contribution is 7.09. The van der Waals surface area contributed by atoms with Gasteiger partial charge in [-0.05, 0) is 36.4 Å². The lowest BCUT2D eigenvalue weighted by atomic mass is 10.3. The number of hydrogen-bond acceptors (Lipinski definition) is 4. The van der Waals surface area contributed by atoms with Crippen molar-refractivity contribution in [3.63, 3.8) is 0 Å². The molecule has 0 radical (unpaired) electrons. The van der Waals surface area contributed by atoms with Crippen molar-refractivity contribution in [2.24, 2.45) is 0 Å². The molecule has 4 nitrogen and oxygen atoms in total. The van der Waals surface area contributed by atoms with E-state index in [0.717, 1.165) is 29.7 Å².